The first-order valence-electron chi connectivity index (χ1n) is 8.60. The van der Waals surface area contributed by atoms with Gasteiger partial charge in [0.1, 0.15) is 18.1 Å². The second-order valence-electron chi connectivity index (χ2n) is 6.79. The largest absolute Gasteiger partial charge is 0.480 e. The molecule has 5 N–H and O–H groups in total. The Morgan fingerprint density at radius 1 is 1.23 bits per heavy atom. The molecule has 10 heteroatoms. The van der Waals surface area contributed by atoms with Crippen LogP contribution in [0.4, 0.5) is 0 Å². The Hall–Kier alpha value is -1.81. The van der Waals surface area contributed by atoms with E-state index in [1.165, 1.54) is 11.8 Å². The summed E-state index contributed by atoms with van der Waals surface area (Å²) < 4.78 is 0. The highest BCUT2D eigenvalue weighted by molar-refractivity contribution is 7.80. The van der Waals surface area contributed by atoms with Gasteiger partial charge in [-0.15, -0.1) is 0 Å². The minimum absolute atomic E-state index is 0.0614. The fraction of sp³-hybridized carbons (Fsp3) is 0.750. The third kappa shape index (κ3) is 5.60. The SMILES string of the molecule is CC(N)C(=O)NC(CS)C(=O)N1CCCC1C(=O)NC(C(=O)O)C(C)C. The molecule has 0 radical (unpaired) electrons. The average Bonchev–Trinajstić information content (AvgIpc) is 3.05. The van der Waals surface area contributed by atoms with Crippen LogP contribution in [0.2, 0.25) is 0 Å². The summed E-state index contributed by atoms with van der Waals surface area (Å²) in [5, 5.41) is 14.2. The van der Waals surface area contributed by atoms with Gasteiger partial charge in [0.15, 0.2) is 0 Å². The number of nitrogens with two attached hydrogens (primary N) is 1. The number of hydrogen-bond acceptors (Lipinski definition) is 6. The van der Waals surface area contributed by atoms with Crippen molar-refractivity contribution in [3.8, 4) is 0 Å². The molecule has 0 aromatic carbocycles. The van der Waals surface area contributed by atoms with E-state index >= 15 is 0 Å². The molecule has 1 fully saturated rings. The Balaban J connectivity index is 2.84. The summed E-state index contributed by atoms with van der Waals surface area (Å²) in [6, 6.07) is -3.47. The van der Waals surface area contributed by atoms with Crippen LogP contribution in [0.5, 0.6) is 0 Å². The summed E-state index contributed by atoms with van der Waals surface area (Å²) in [4.78, 5) is 49.7. The van der Waals surface area contributed by atoms with Gasteiger partial charge in [0.2, 0.25) is 17.7 Å². The lowest BCUT2D eigenvalue weighted by Gasteiger charge is -2.29. The average molecular weight is 388 g/mol. The van der Waals surface area contributed by atoms with Gasteiger partial charge in [0.25, 0.3) is 0 Å². The van der Waals surface area contributed by atoms with Gasteiger partial charge in [-0.25, -0.2) is 4.79 Å². The van der Waals surface area contributed by atoms with Gasteiger partial charge in [-0.3, -0.25) is 14.4 Å². The number of carbonyl (C=O) groups excluding carboxylic acids is 3. The van der Waals surface area contributed by atoms with Crippen LogP contribution >= 0.6 is 12.6 Å². The standard InChI is InChI=1S/C16H28N4O5S/c1-8(2)12(16(24)25)19-14(22)11-5-4-6-20(11)15(23)10(7-26)18-13(21)9(3)17/h8-12,26H,4-7,17H2,1-3H3,(H,18,21)(H,19,22)(H,24,25). The fourth-order valence-electron chi connectivity index (χ4n) is 2.75. The van der Waals surface area contributed by atoms with E-state index in [1.54, 1.807) is 13.8 Å². The summed E-state index contributed by atoms with van der Waals surface area (Å²) >= 11 is 4.10. The highest BCUT2D eigenvalue weighted by atomic mass is 32.1. The van der Waals surface area contributed by atoms with Crippen molar-refractivity contribution in [1.82, 2.24) is 15.5 Å². The zero-order chi connectivity index (χ0) is 20.0. The number of carboxylic acid groups (broad SMARTS) is 1. The normalized spacial score (nSPS) is 20.4. The van der Waals surface area contributed by atoms with Gasteiger partial charge in [0, 0.05) is 12.3 Å². The summed E-state index contributed by atoms with van der Waals surface area (Å²) in [5.74, 6) is -2.77. The lowest BCUT2D eigenvalue weighted by molar-refractivity contribution is -0.145. The van der Waals surface area contributed by atoms with Crippen LogP contribution in [0, 0.1) is 5.92 Å². The molecule has 0 bridgehead atoms. The van der Waals surface area contributed by atoms with Crippen molar-refractivity contribution in [3.05, 3.63) is 0 Å². The molecular weight excluding hydrogens is 360 g/mol. The monoisotopic (exact) mass is 388 g/mol. The number of nitrogens with one attached hydrogen (secondary N) is 2. The van der Waals surface area contributed by atoms with Crippen molar-refractivity contribution >= 4 is 36.3 Å². The van der Waals surface area contributed by atoms with Crippen LogP contribution in [-0.4, -0.2) is 70.2 Å². The second kappa shape index (κ2) is 9.77. The molecule has 3 amide bonds. The molecule has 4 unspecified atom stereocenters. The molecule has 0 saturated carbocycles. The number of carboxylic acids is 1. The van der Waals surface area contributed by atoms with Crippen molar-refractivity contribution in [1.29, 1.82) is 0 Å². The highest BCUT2D eigenvalue weighted by Crippen LogP contribution is 2.19. The quantitative estimate of drug-likeness (QED) is 0.336. The van der Waals surface area contributed by atoms with E-state index in [9.17, 15) is 24.3 Å². The topological polar surface area (TPSA) is 142 Å². The molecule has 148 valence electrons. The fourth-order valence-corrected chi connectivity index (χ4v) is 3.00. The molecule has 0 aliphatic carbocycles. The van der Waals surface area contributed by atoms with E-state index in [-0.39, 0.29) is 11.7 Å². The Morgan fingerprint density at radius 3 is 2.31 bits per heavy atom. The zero-order valence-corrected chi connectivity index (χ0v) is 16.2. The predicted octanol–water partition coefficient (Wildman–Crippen LogP) is -1.04. The number of thiol groups is 1. The van der Waals surface area contributed by atoms with Crippen molar-refractivity contribution in [2.45, 2.75) is 57.8 Å². The van der Waals surface area contributed by atoms with Crippen molar-refractivity contribution in [2.24, 2.45) is 11.7 Å². The lowest BCUT2D eigenvalue weighted by Crippen LogP contribution is -2.57. The van der Waals surface area contributed by atoms with Gasteiger partial charge < -0.3 is 26.4 Å². The predicted molar refractivity (Wildman–Crippen MR) is 98.6 cm³/mol. The van der Waals surface area contributed by atoms with Gasteiger partial charge in [0.05, 0.1) is 6.04 Å². The maximum atomic E-state index is 12.7. The first-order chi connectivity index (χ1) is 12.1. The van der Waals surface area contributed by atoms with Crippen molar-refractivity contribution in [2.75, 3.05) is 12.3 Å². The van der Waals surface area contributed by atoms with Crippen LogP contribution in [0.3, 0.4) is 0 Å². The van der Waals surface area contributed by atoms with Crippen molar-refractivity contribution in [3.63, 3.8) is 0 Å². The molecule has 4 atom stereocenters. The van der Waals surface area contributed by atoms with Crippen LogP contribution in [-0.2, 0) is 19.2 Å². The molecule has 9 nitrogen and oxygen atoms in total. The molecule has 0 aromatic heterocycles. The summed E-state index contributed by atoms with van der Waals surface area (Å²) in [7, 11) is 0. The number of rotatable bonds is 8. The van der Waals surface area contributed by atoms with Crippen LogP contribution in [0.15, 0.2) is 0 Å². The smallest absolute Gasteiger partial charge is 0.326 e. The number of likely N-dealkylation sites (tertiary alicyclic amines) is 1. The number of aliphatic carboxylic acids is 1. The third-order valence-electron chi connectivity index (χ3n) is 4.28. The first-order valence-corrected chi connectivity index (χ1v) is 9.23. The third-order valence-corrected chi connectivity index (χ3v) is 4.64. The molecule has 1 rings (SSSR count). The molecule has 0 spiro atoms. The van der Waals surface area contributed by atoms with E-state index in [0.29, 0.717) is 19.4 Å². The molecule has 1 heterocycles. The lowest BCUT2D eigenvalue weighted by atomic mass is 10.0. The van der Waals surface area contributed by atoms with E-state index < -0.39 is 47.9 Å². The number of amides is 3. The maximum absolute atomic E-state index is 12.7. The maximum Gasteiger partial charge on any atom is 0.326 e. The van der Waals surface area contributed by atoms with Gasteiger partial charge in [-0.05, 0) is 25.7 Å². The van der Waals surface area contributed by atoms with E-state index in [4.69, 9.17) is 5.73 Å². The molecule has 26 heavy (non-hydrogen) atoms. The second-order valence-corrected chi connectivity index (χ2v) is 7.16. The zero-order valence-electron chi connectivity index (χ0n) is 15.3. The Morgan fingerprint density at radius 2 is 1.85 bits per heavy atom. The van der Waals surface area contributed by atoms with E-state index in [2.05, 4.69) is 23.3 Å². The highest BCUT2D eigenvalue weighted by Gasteiger charge is 2.39. The molecule has 1 aliphatic rings. The van der Waals surface area contributed by atoms with Gasteiger partial charge in [-0.2, -0.15) is 12.6 Å². The van der Waals surface area contributed by atoms with Gasteiger partial charge in [-0.1, -0.05) is 13.8 Å². The van der Waals surface area contributed by atoms with E-state index in [0.717, 1.165) is 0 Å². The number of hydrogen-bond donors (Lipinski definition) is 5. The number of nitrogens with zero attached hydrogens (tertiary/aromatic N) is 1. The van der Waals surface area contributed by atoms with Crippen molar-refractivity contribution < 1.29 is 24.3 Å². The summed E-state index contributed by atoms with van der Waals surface area (Å²) in [5.41, 5.74) is 5.50. The van der Waals surface area contributed by atoms with Crippen LogP contribution in [0.25, 0.3) is 0 Å². The minimum Gasteiger partial charge on any atom is -0.480 e. The van der Waals surface area contributed by atoms with Crippen LogP contribution < -0.4 is 16.4 Å². The summed E-state index contributed by atoms with van der Waals surface area (Å²) in [6.45, 7) is 5.24. The van der Waals surface area contributed by atoms with Gasteiger partial charge >= 0.3 is 5.97 Å². The Labute approximate surface area is 158 Å². The molecule has 1 aliphatic heterocycles. The molecule has 1 saturated heterocycles. The summed E-state index contributed by atoms with van der Waals surface area (Å²) in [6.07, 6.45) is 1.05. The number of carbonyl (C=O) groups is 4. The molecular formula is C16H28N4O5S. The van der Waals surface area contributed by atoms with Crippen LogP contribution in [0.1, 0.15) is 33.6 Å². The Kier molecular flexibility index (Phi) is 8.35. The Bertz CT molecular complexity index is 555. The van der Waals surface area contributed by atoms with E-state index in [1.807, 2.05) is 0 Å². The first kappa shape index (κ1) is 22.2. The minimum atomic E-state index is -1.12. The molecule has 0 aromatic rings.